The van der Waals surface area contributed by atoms with Crippen LogP contribution in [0, 0.1) is 19.7 Å². The lowest BCUT2D eigenvalue weighted by Crippen LogP contribution is -2.27. The van der Waals surface area contributed by atoms with Gasteiger partial charge >= 0.3 is 0 Å². The van der Waals surface area contributed by atoms with Gasteiger partial charge in [0.15, 0.2) is 0 Å². The van der Waals surface area contributed by atoms with Crippen molar-refractivity contribution >= 4 is 5.91 Å². The number of nitrogens with zero attached hydrogens (tertiary/aromatic N) is 1. The molecule has 0 aliphatic heterocycles. The largest absolute Gasteiger partial charge is 0.354 e. The standard InChI is InChI=1S/C17H21FN2O/c1-13-3-4-14(2)20(13)12-11-19-17(21)10-7-15-5-8-16(18)9-6-15/h3-6,8-9H,7,10-12H2,1-2H3,(H,19,21). The molecule has 0 aliphatic carbocycles. The zero-order chi connectivity index (χ0) is 15.2. The van der Waals surface area contributed by atoms with Crippen LogP contribution in [0.1, 0.15) is 23.4 Å². The van der Waals surface area contributed by atoms with E-state index in [1.54, 1.807) is 12.1 Å². The Hall–Kier alpha value is -2.10. The Morgan fingerprint density at radius 3 is 2.33 bits per heavy atom. The van der Waals surface area contributed by atoms with Crippen LogP contribution in [0.3, 0.4) is 0 Å². The normalized spacial score (nSPS) is 10.6. The van der Waals surface area contributed by atoms with Gasteiger partial charge in [0.25, 0.3) is 0 Å². The van der Waals surface area contributed by atoms with E-state index >= 15 is 0 Å². The lowest BCUT2D eigenvalue weighted by Gasteiger charge is -2.10. The quantitative estimate of drug-likeness (QED) is 0.871. The molecule has 0 bridgehead atoms. The van der Waals surface area contributed by atoms with Gasteiger partial charge in [0.05, 0.1) is 0 Å². The van der Waals surface area contributed by atoms with E-state index in [0.29, 0.717) is 19.4 Å². The number of aromatic nitrogens is 1. The summed E-state index contributed by atoms with van der Waals surface area (Å²) in [7, 11) is 0. The fraction of sp³-hybridized carbons (Fsp3) is 0.353. The second-order valence-electron chi connectivity index (χ2n) is 5.24. The summed E-state index contributed by atoms with van der Waals surface area (Å²) >= 11 is 0. The van der Waals surface area contributed by atoms with Crippen molar-refractivity contribution in [3.8, 4) is 0 Å². The van der Waals surface area contributed by atoms with Crippen molar-refractivity contribution in [1.82, 2.24) is 9.88 Å². The highest BCUT2D eigenvalue weighted by atomic mass is 19.1. The topological polar surface area (TPSA) is 34.0 Å². The molecular weight excluding hydrogens is 267 g/mol. The van der Waals surface area contributed by atoms with E-state index in [-0.39, 0.29) is 11.7 Å². The molecule has 1 aromatic carbocycles. The van der Waals surface area contributed by atoms with Gasteiger partial charge in [-0.05, 0) is 50.1 Å². The molecule has 4 heteroatoms. The fourth-order valence-corrected chi connectivity index (χ4v) is 2.36. The van der Waals surface area contributed by atoms with Crippen molar-refractivity contribution in [3.63, 3.8) is 0 Å². The van der Waals surface area contributed by atoms with Gasteiger partial charge in [-0.3, -0.25) is 4.79 Å². The number of hydrogen-bond acceptors (Lipinski definition) is 1. The van der Waals surface area contributed by atoms with E-state index in [1.807, 2.05) is 0 Å². The van der Waals surface area contributed by atoms with E-state index in [9.17, 15) is 9.18 Å². The lowest BCUT2D eigenvalue weighted by molar-refractivity contribution is -0.121. The number of hydrogen-bond donors (Lipinski definition) is 1. The van der Waals surface area contributed by atoms with Crippen molar-refractivity contribution in [2.45, 2.75) is 33.2 Å². The summed E-state index contributed by atoms with van der Waals surface area (Å²) < 4.78 is 15.0. The molecule has 0 saturated heterocycles. The molecule has 0 fully saturated rings. The maximum absolute atomic E-state index is 12.8. The first-order chi connectivity index (χ1) is 10.1. The van der Waals surface area contributed by atoms with Crippen molar-refractivity contribution in [2.24, 2.45) is 0 Å². The third-order valence-corrected chi connectivity index (χ3v) is 3.63. The molecule has 1 N–H and O–H groups in total. The second kappa shape index (κ2) is 7.07. The Morgan fingerprint density at radius 1 is 1.10 bits per heavy atom. The van der Waals surface area contributed by atoms with Gasteiger partial charge in [-0.1, -0.05) is 12.1 Å². The van der Waals surface area contributed by atoms with Crippen LogP contribution in [0.15, 0.2) is 36.4 Å². The SMILES string of the molecule is Cc1ccc(C)n1CCNC(=O)CCc1ccc(F)cc1. The first-order valence-corrected chi connectivity index (χ1v) is 7.20. The molecule has 1 aromatic heterocycles. The Morgan fingerprint density at radius 2 is 1.71 bits per heavy atom. The molecule has 0 saturated carbocycles. The van der Waals surface area contributed by atoms with Crippen LogP contribution in [-0.4, -0.2) is 17.0 Å². The monoisotopic (exact) mass is 288 g/mol. The highest BCUT2D eigenvalue weighted by Crippen LogP contribution is 2.07. The molecule has 112 valence electrons. The summed E-state index contributed by atoms with van der Waals surface area (Å²) in [5.41, 5.74) is 3.38. The van der Waals surface area contributed by atoms with E-state index in [4.69, 9.17) is 0 Å². The fourth-order valence-electron chi connectivity index (χ4n) is 2.36. The highest BCUT2D eigenvalue weighted by Gasteiger charge is 2.04. The second-order valence-corrected chi connectivity index (χ2v) is 5.24. The van der Waals surface area contributed by atoms with Gasteiger partial charge in [0.2, 0.25) is 5.91 Å². The summed E-state index contributed by atoms with van der Waals surface area (Å²) in [6, 6.07) is 10.4. The summed E-state index contributed by atoms with van der Waals surface area (Å²) in [6.07, 6.45) is 1.06. The predicted molar refractivity (Wildman–Crippen MR) is 81.6 cm³/mol. The van der Waals surface area contributed by atoms with Crippen molar-refractivity contribution in [3.05, 3.63) is 59.2 Å². The number of benzene rings is 1. The molecule has 1 amide bonds. The van der Waals surface area contributed by atoms with Crippen LogP contribution in [-0.2, 0) is 17.8 Å². The zero-order valence-electron chi connectivity index (χ0n) is 12.5. The molecule has 0 radical (unpaired) electrons. The molecule has 2 rings (SSSR count). The van der Waals surface area contributed by atoms with E-state index in [2.05, 4.69) is 35.9 Å². The van der Waals surface area contributed by atoms with Crippen LogP contribution in [0.25, 0.3) is 0 Å². The maximum Gasteiger partial charge on any atom is 0.220 e. The average Bonchev–Trinajstić information content (AvgIpc) is 2.78. The summed E-state index contributed by atoms with van der Waals surface area (Å²) in [6.45, 7) is 5.53. The number of halogens is 1. The number of aryl methyl sites for hydroxylation is 3. The van der Waals surface area contributed by atoms with Crippen LogP contribution < -0.4 is 5.32 Å². The Kier molecular flexibility index (Phi) is 5.14. The average molecular weight is 288 g/mol. The number of nitrogens with one attached hydrogen (secondary N) is 1. The summed E-state index contributed by atoms with van der Waals surface area (Å²) in [5, 5.41) is 2.92. The third kappa shape index (κ3) is 4.45. The smallest absolute Gasteiger partial charge is 0.220 e. The number of carbonyl (C=O) groups excluding carboxylic acids is 1. The third-order valence-electron chi connectivity index (χ3n) is 3.63. The Labute approximate surface area is 124 Å². The van der Waals surface area contributed by atoms with Gasteiger partial charge in [-0.25, -0.2) is 4.39 Å². The molecule has 3 nitrogen and oxygen atoms in total. The van der Waals surface area contributed by atoms with Crippen LogP contribution in [0.2, 0.25) is 0 Å². The molecule has 1 heterocycles. The molecule has 0 aliphatic rings. The minimum Gasteiger partial charge on any atom is -0.354 e. The molecule has 21 heavy (non-hydrogen) atoms. The van der Waals surface area contributed by atoms with Crippen molar-refractivity contribution in [1.29, 1.82) is 0 Å². The Balaban J connectivity index is 1.71. The van der Waals surface area contributed by atoms with Gasteiger partial charge in [-0.2, -0.15) is 0 Å². The van der Waals surface area contributed by atoms with Crippen molar-refractivity contribution < 1.29 is 9.18 Å². The Bertz CT molecular complexity index is 582. The maximum atomic E-state index is 12.8. The first kappa shape index (κ1) is 15.3. The molecule has 0 unspecified atom stereocenters. The molecule has 0 spiro atoms. The van der Waals surface area contributed by atoms with Crippen molar-refractivity contribution in [2.75, 3.05) is 6.54 Å². The van der Waals surface area contributed by atoms with E-state index in [1.165, 1.54) is 23.5 Å². The van der Waals surface area contributed by atoms with Crippen LogP contribution in [0.5, 0.6) is 0 Å². The van der Waals surface area contributed by atoms with E-state index in [0.717, 1.165) is 12.1 Å². The first-order valence-electron chi connectivity index (χ1n) is 7.20. The van der Waals surface area contributed by atoms with Crippen LogP contribution >= 0.6 is 0 Å². The molecule has 0 atom stereocenters. The highest BCUT2D eigenvalue weighted by molar-refractivity contribution is 5.76. The molecular formula is C17H21FN2O. The summed E-state index contributed by atoms with van der Waals surface area (Å²) in [5.74, 6) is -0.220. The van der Waals surface area contributed by atoms with Gasteiger partial charge < -0.3 is 9.88 Å². The predicted octanol–water partition coefficient (Wildman–Crippen LogP) is 2.99. The minimum absolute atomic E-state index is 0.0294. The van der Waals surface area contributed by atoms with E-state index < -0.39 is 0 Å². The molecule has 2 aromatic rings. The lowest BCUT2D eigenvalue weighted by atomic mass is 10.1. The minimum atomic E-state index is -0.249. The number of amides is 1. The van der Waals surface area contributed by atoms with Gasteiger partial charge in [-0.15, -0.1) is 0 Å². The van der Waals surface area contributed by atoms with Gasteiger partial charge in [0, 0.05) is 30.9 Å². The van der Waals surface area contributed by atoms with Crippen LogP contribution in [0.4, 0.5) is 4.39 Å². The number of rotatable bonds is 6. The zero-order valence-corrected chi connectivity index (χ0v) is 12.5. The number of carbonyl (C=O) groups is 1. The summed E-state index contributed by atoms with van der Waals surface area (Å²) in [4.78, 5) is 11.8. The van der Waals surface area contributed by atoms with Gasteiger partial charge in [0.1, 0.15) is 5.82 Å².